The van der Waals surface area contributed by atoms with Gasteiger partial charge in [-0.15, -0.1) is 0 Å². The van der Waals surface area contributed by atoms with Gasteiger partial charge in [0.2, 0.25) is 17.6 Å². The van der Waals surface area contributed by atoms with Crippen molar-refractivity contribution in [2.24, 2.45) is 0 Å². The number of nitrogens with two attached hydrogens (primary N) is 1. The Morgan fingerprint density at radius 3 is 2.29 bits per heavy atom. The van der Waals surface area contributed by atoms with Crippen LogP contribution in [0.25, 0.3) is 0 Å². The average Bonchev–Trinajstić information content (AvgIpc) is 2.61. The molecule has 9 heteroatoms. The van der Waals surface area contributed by atoms with E-state index in [-0.39, 0.29) is 11.5 Å². The summed E-state index contributed by atoms with van der Waals surface area (Å²) < 4.78 is 0. The number of nitrogens with zero attached hydrogens (tertiary/aromatic N) is 6. The summed E-state index contributed by atoms with van der Waals surface area (Å²) in [6, 6.07) is 0. The monoisotopic (exact) mass is 335 g/mol. The Balaban J connectivity index is 1.92. The molecule has 0 radical (unpaired) electrons. The molecular weight excluding hydrogens is 310 g/mol. The highest BCUT2D eigenvalue weighted by molar-refractivity contribution is 5.71. The van der Waals surface area contributed by atoms with Crippen LogP contribution in [-0.4, -0.2) is 65.6 Å². The third-order valence-corrected chi connectivity index (χ3v) is 4.82. The smallest absolute Gasteiger partial charge is 0.353 e. The molecule has 3 rings (SSSR count). The number of piperidine rings is 1. The van der Waals surface area contributed by atoms with Gasteiger partial charge in [0.25, 0.3) is 0 Å². The van der Waals surface area contributed by atoms with Crippen molar-refractivity contribution in [3.8, 4) is 0 Å². The van der Waals surface area contributed by atoms with Crippen molar-refractivity contribution in [3.05, 3.63) is 10.1 Å². The first-order valence-electron chi connectivity index (χ1n) is 8.64. The molecule has 0 bridgehead atoms. The first-order valence-corrected chi connectivity index (χ1v) is 8.64. The Morgan fingerprint density at radius 1 is 1.04 bits per heavy atom. The fraction of sp³-hybridized carbons (Fsp3) is 0.733. The molecule has 0 aromatic carbocycles. The van der Waals surface area contributed by atoms with Crippen molar-refractivity contribution in [2.75, 3.05) is 61.3 Å². The first-order chi connectivity index (χ1) is 11.6. The van der Waals surface area contributed by atoms with Gasteiger partial charge in [0, 0.05) is 39.3 Å². The molecule has 2 fully saturated rings. The number of hydrogen-bond donors (Lipinski definition) is 1. The van der Waals surface area contributed by atoms with E-state index in [1.807, 2.05) is 4.90 Å². The number of hydrogen-bond acceptors (Lipinski definition) is 8. The summed E-state index contributed by atoms with van der Waals surface area (Å²) in [5, 5.41) is 11.5. The number of likely N-dealkylation sites (N-methyl/N-ethyl adjacent to an activating group) is 1. The second-order valence-corrected chi connectivity index (χ2v) is 6.31. The van der Waals surface area contributed by atoms with Gasteiger partial charge in [-0.05, 0) is 25.8 Å². The van der Waals surface area contributed by atoms with Crippen molar-refractivity contribution in [1.29, 1.82) is 0 Å². The normalized spacial score (nSPS) is 19.5. The molecule has 2 aliphatic heterocycles. The Bertz CT molecular complexity index is 596. The maximum Gasteiger partial charge on any atom is 0.353 e. The zero-order valence-corrected chi connectivity index (χ0v) is 14.1. The summed E-state index contributed by atoms with van der Waals surface area (Å²) >= 11 is 0. The Kier molecular flexibility index (Phi) is 4.98. The predicted molar refractivity (Wildman–Crippen MR) is 93.5 cm³/mol. The van der Waals surface area contributed by atoms with E-state index in [0.29, 0.717) is 24.9 Å². The fourth-order valence-electron chi connectivity index (χ4n) is 3.35. The van der Waals surface area contributed by atoms with Crippen LogP contribution in [0.3, 0.4) is 0 Å². The van der Waals surface area contributed by atoms with Crippen molar-refractivity contribution >= 4 is 23.3 Å². The number of anilines is 3. The fourth-order valence-corrected chi connectivity index (χ4v) is 3.35. The quantitative estimate of drug-likeness (QED) is 0.644. The van der Waals surface area contributed by atoms with E-state index in [0.717, 1.165) is 45.6 Å². The highest BCUT2D eigenvalue weighted by Crippen LogP contribution is 2.33. The molecule has 132 valence electrons. The molecule has 0 atom stereocenters. The van der Waals surface area contributed by atoms with Crippen LogP contribution >= 0.6 is 0 Å². The standard InChI is InChI=1S/C15H25N7O2/c1-2-19-8-10-20(11-9-19)14-12(22(23)24)13(16)17-15(18-14)21-6-4-3-5-7-21/h2-11H2,1H3,(H2,16,17,18). The van der Waals surface area contributed by atoms with Gasteiger partial charge in [-0.25, -0.2) is 0 Å². The van der Waals surface area contributed by atoms with E-state index in [1.165, 1.54) is 6.42 Å². The molecule has 0 spiro atoms. The second-order valence-electron chi connectivity index (χ2n) is 6.31. The van der Waals surface area contributed by atoms with Crippen molar-refractivity contribution < 1.29 is 4.92 Å². The SMILES string of the molecule is CCN1CCN(c2nc(N3CCCCC3)nc(N)c2[N+](=O)[O-])CC1. The first kappa shape index (κ1) is 16.7. The van der Waals surface area contributed by atoms with Gasteiger partial charge < -0.3 is 20.4 Å². The Morgan fingerprint density at radius 2 is 1.71 bits per heavy atom. The average molecular weight is 335 g/mol. The van der Waals surface area contributed by atoms with Gasteiger partial charge in [0.05, 0.1) is 4.92 Å². The van der Waals surface area contributed by atoms with E-state index in [4.69, 9.17) is 5.73 Å². The topological polar surface area (TPSA) is 105 Å². The van der Waals surface area contributed by atoms with Gasteiger partial charge in [0.1, 0.15) is 0 Å². The minimum Gasteiger partial charge on any atom is -0.378 e. The highest BCUT2D eigenvalue weighted by Gasteiger charge is 2.30. The Hall–Kier alpha value is -2.16. The van der Waals surface area contributed by atoms with Crippen LogP contribution in [-0.2, 0) is 0 Å². The Labute approximate surface area is 141 Å². The number of aromatic nitrogens is 2. The van der Waals surface area contributed by atoms with Gasteiger partial charge in [0.15, 0.2) is 0 Å². The van der Waals surface area contributed by atoms with Crippen LogP contribution in [0, 0.1) is 10.1 Å². The summed E-state index contributed by atoms with van der Waals surface area (Å²) in [6.45, 7) is 8.03. The number of nitrogen functional groups attached to an aromatic ring is 1. The number of nitro groups is 1. The van der Waals surface area contributed by atoms with Crippen molar-refractivity contribution in [1.82, 2.24) is 14.9 Å². The lowest BCUT2D eigenvalue weighted by Crippen LogP contribution is -2.46. The summed E-state index contributed by atoms with van der Waals surface area (Å²) in [4.78, 5) is 26.2. The highest BCUT2D eigenvalue weighted by atomic mass is 16.6. The van der Waals surface area contributed by atoms with E-state index in [2.05, 4.69) is 26.7 Å². The molecule has 0 aliphatic carbocycles. The summed E-state index contributed by atoms with van der Waals surface area (Å²) in [7, 11) is 0. The summed E-state index contributed by atoms with van der Waals surface area (Å²) in [5.74, 6) is 0.845. The zero-order valence-electron chi connectivity index (χ0n) is 14.1. The maximum absolute atomic E-state index is 11.5. The summed E-state index contributed by atoms with van der Waals surface area (Å²) in [6.07, 6.45) is 3.38. The molecule has 3 heterocycles. The molecule has 1 aromatic rings. The van der Waals surface area contributed by atoms with Crippen molar-refractivity contribution in [2.45, 2.75) is 26.2 Å². The van der Waals surface area contributed by atoms with Crippen molar-refractivity contribution in [3.63, 3.8) is 0 Å². The molecule has 2 N–H and O–H groups in total. The van der Waals surface area contributed by atoms with E-state index in [9.17, 15) is 10.1 Å². The van der Waals surface area contributed by atoms with Crippen LogP contribution in [0.1, 0.15) is 26.2 Å². The van der Waals surface area contributed by atoms with Gasteiger partial charge >= 0.3 is 5.69 Å². The van der Waals surface area contributed by atoms with Gasteiger partial charge in [-0.3, -0.25) is 10.1 Å². The predicted octanol–water partition coefficient (Wildman–Crippen LogP) is 1.10. The van der Waals surface area contributed by atoms with Gasteiger partial charge in [-0.1, -0.05) is 6.92 Å². The lowest BCUT2D eigenvalue weighted by Gasteiger charge is -2.35. The van der Waals surface area contributed by atoms with Crippen LogP contribution in [0.2, 0.25) is 0 Å². The third-order valence-electron chi connectivity index (χ3n) is 4.82. The lowest BCUT2D eigenvalue weighted by atomic mass is 10.1. The molecular formula is C15H25N7O2. The van der Waals surface area contributed by atoms with Crippen LogP contribution in [0.15, 0.2) is 0 Å². The molecule has 2 aliphatic rings. The van der Waals surface area contributed by atoms with E-state index < -0.39 is 4.92 Å². The van der Waals surface area contributed by atoms with E-state index >= 15 is 0 Å². The molecule has 0 unspecified atom stereocenters. The molecule has 0 amide bonds. The molecule has 24 heavy (non-hydrogen) atoms. The van der Waals surface area contributed by atoms with Crippen LogP contribution < -0.4 is 15.5 Å². The molecule has 9 nitrogen and oxygen atoms in total. The largest absolute Gasteiger partial charge is 0.378 e. The zero-order chi connectivity index (χ0) is 17.1. The third kappa shape index (κ3) is 3.35. The maximum atomic E-state index is 11.5. The van der Waals surface area contributed by atoms with Crippen LogP contribution in [0.4, 0.5) is 23.3 Å². The molecule has 2 saturated heterocycles. The number of piperazine rings is 1. The molecule has 1 aromatic heterocycles. The summed E-state index contributed by atoms with van der Waals surface area (Å²) in [5.41, 5.74) is 5.77. The number of rotatable bonds is 4. The van der Waals surface area contributed by atoms with E-state index in [1.54, 1.807) is 0 Å². The van der Waals surface area contributed by atoms with Crippen LogP contribution in [0.5, 0.6) is 0 Å². The molecule has 0 saturated carbocycles. The second kappa shape index (κ2) is 7.16. The lowest BCUT2D eigenvalue weighted by molar-refractivity contribution is -0.383. The minimum absolute atomic E-state index is 0.0384. The van der Waals surface area contributed by atoms with Gasteiger partial charge in [-0.2, -0.15) is 9.97 Å². The minimum atomic E-state index is -0.461.